The number of hydrogen-bond acceptors (Lipinski definition) is 3. The third-order valence-corrected chi connectivity index (χ3v) is 3.20. The fourth-order valence-corrected chi connectivity index (χ4v) is 2.18. The van der Waals surface area contributed by atoms with E-state index in [0.29, 0.717) is 5.92 Å². The highest BCUT2D eigenvalue weighted by atomic mass is 16.3. The van der Waals surface area contributed by atoms with E-state index in [1.165, 1.54) is 11.3 Å². The number of aliphatic hydroxyl groups is 1. The van der Waals surface area contributed by atoms with Crippen molar-refractivity contribution < 1.29 is 5.11 Å². The molecule has 0 fully saturated rings. The maximum Gasteiger partial charge on any atom is 0.0641 e. The number of aliphatic hydroxyl groups excluding tert-OH is 1. The van der Waals surface area contributed by atoms with E-state index < -0.39 is 0 Å². The van der Waals surface area contributed by atoms with E-state index in [4.69, 9.17) is 0 Å². The van der Waals surface area contributed by atoms with Crippen LogP contribution in [-0.4, -0.2) is 27.5 Å². The molecule has 0 aliphatic rings. The smallest absolute Gasteiger partial charge is 0.0641 e. The fraction of sp³-hybridized carbons (Fsp3) is 0.769. The highest BCUT2D eigenvalue weighted by Gasteiger charge is 2.10. The summed E-state index contributed by atoms with van der Waals surface area (Å²) in [5.74, 6) is 0.493. The second-order valence-corrected chi connectivity index (χ2v) is 5.09. The lowest BCUT2D eigenvalue weighted by atomic mass is 10.0. The Morgan fingerprint density at radius 3 is 2.47 bits per heavy atom. The van der Waals surface area contributed by atoms with E-state index in [1.54, 1.807) is 0 Å². The van der Waals surface area contributed by atoms with Crippen molar-refractivity contribution in [1.29, 1.82) is 0 Å². The Hall–Kier alpha value is -0.870. The van der Waals surface area contributed by atoms with Crippen molar-refractivity contribution in [2.45, 2.75) is 46.8 Å². The van der Waals surface area contributed by atoms with Crippen LogP contribution >= 0.6 is 0 Å². The van der Waals surface area contributed by atoms with Crippen LogP contribution in [0.1, 0.15) is 37.2 Å². The van der Waals surface area contributed by atoms with Crippen LogP contribution in [0.4, 0.5) is 0 Å². The lowest BCUT2D eigenvalue weighted by molar-refractivity contribution is 0.163. The Balaban J connectivity index is 2.41. The van der Waals surface area contributed by atoms with Gasteiger partial charge in [-0.1, -0.05) is 6.92 Å². The van der Waals surface area contributed by atoms with Crippen molar-refractivity contribution in [1.82, 2.24) is 15.1 Å². The zero-order chi connectivity index (χ0) is 13.0. The van der Waals surface area contributed by atoms with Gasteiger partial charge in [-0.15, -0.1) is 0 Å². The SMILES string of the molecule is Cc1nn(C)c(C)c1CNCC(C)CC(C)O. The quantitative estimate of drug-likeness (QED) is 0.791. The highest BCUT2D eigenvalue weighted by Crippen LogP contribution is 2.11. The summed E-state index contributed by atoms with van der Waals surface area (Å²) in [6, 6.07) is 0. The Morgan fingerprint density at radius 2 is 2.00 bits per heavy atom. The van der Waals surface area contributed by atoms with Crippen molar-refractivity contribution in [2.24, 2.45) is 13.0 Å². The van der Waals surface area contributed by atoms with Gasteiger partial charge in [-0.3, -0.25) is 4.68 Å². The zero-order valence-electron chi connectivity index (χ0n) is 11.6. The molecule has 1 aromatic rings. The monoisotopic (exact) mass is 239 g/mol. The van der Waals surface area contributed by atoms with Crippen LogP contribution < -0.4 is 5.32 Å². The van der Waals surface area contributed by atoms with E-state index in [2.05, 4.69) is 24.3 Å². The molecule has 0 amide bonds. The van der Waals surface area contributed by atoms with Crippen LogP contribution in [-0.2, 0) is 13.6 Å². The largest absolute Gasteiger partial charge is 0.393 e. The molecule has 1 heterocycles. The summed E-state index contributed by atoms with van der Waals surface area (Å²) in [4.78, 5) is 0. The van der Waals surface area contributed by atoms with Gasteiger partial charge in [0.2, 0.25) is 0 Å². The first kappa shape index (κ1) is 14.2. The van der Waals surface area contributed by atoms with E-state index >= 15 is 0 Å². The Morgan fingerprint density at radius 1 is 1.35 bits per heavy atom. The van der Waals surface area contributed by atoms with Gasteiger partial charge < -0.3 is 10.4 Å². The molecule has 2 atom stereocenters. The van der Waals surface area contributed by atoms with E-state index in [0.717, 1.165) is 25.2 Å². The molecule has 0 radical (unpaired) electrons. The lowest BCUT2D eigenvalue weighted by Gasteiger charge is -2.14. The Bertz CT molecular complexity index is 358. The van der Waals surface area contributed by atoms with Crippen molar-refractivity contribution in [2.75, 3.05) is 6.54 Å². The molecule has 2 N–H and O–H groups in total. The molecule has 1 aromatic heterocycles. The summed E-state index contributed by atoms with van der Waals surface area (Å²) in [5.41, 5.74) is 3.61. The van der Waals surface area contributed by atoms with Crippen molar-refractivity contribution >= 4 is 0 Å². The summed E-state index contributed by atoms with van der Waals surface area (Å²) < 4.78 is 1.92. The molecule has 98 valence electrons. The molecular weight excluding hydrogens is 214 g/mol. The molecular formula is C13H25N3O. The minimum absolute atomic E-state index is 0.214. The minimum Gasteiger partial charge on any atom is -0.393 e. The zero-order valence-corrected chi connectivity index (χ0v) is 11.6. The molecule has 4 heteroatoms. The van der Waals surface area contributed by atoms with Gasteiger partial charge in [0.05, 0.1) is 11.8 Å². The van der Waals surface area contributed by atoms with Crippen LogP contribution in [0.5, 0.6) is 0 Å². The second-order valence-electron chi connectivity index (χ2n) is 5.09. The number of nitrogens with zero attached hydrogens (tertiary/aromatic N) is 2. The average molecular weight is 239 g/mol. The Kier molecular flexibility index (Phi) is 5.15. The van der Waals surface area contributed by atoms with Crippen LogP contribution in [0.3, 0.4) is 0 Å². The van der Waals surface area contributed by atoms with Crippen LogP contribution in [0.25, 0.3) is 0 Å². The average Bonchev–Trinajstić information content (AvgIpc) is 2.43. The van der Waals surface area contributed by atoms with Gasteiger partial charge in [0.1, 0.15) is 0 Å². The molecule has 2 unspecified atom stereocenters. The second kappa shape index (κ2) is 6.17. The molecule has 0 saturated carbocycles. The van der Waals surface area contributed by atoms with Gasteiger partial charge in [-0.25, -0.2) is 0 Å². The van der Waals surface area contributed by atoms with E-state index in [1.807, 2.05) is 25.6 Å². The van der Waals surface area contributed by atoms with Gasteiger partial charge in [-0.05, 0) is 39.7 Å². The molecule has 0 spiro atoms. The van der Waals surface area contributed by atoms with Gasteiger partial charge in [0.15, 0.2) is 0 Å². The van der Waals surface area contributed by atoms with Crippen molar-refractivity contribution in [3.05, 3.63) is 17.0 Å². The molecule has 0 saturated heterocycles. The number of rotatable bonds is 6. The fourth-order valence-electron chi connectivity index (χ4n) is 2.18. The van der Waals surface area contributed by atoms with Crippen molar-refractivity contribution in [3.63, 3.8) is 0 Å². The predicted molar refractivity (Wildman–Crippen MR) is 69.9 cm³/mol. The molecule has 0 bridgehead atoms. The maximum absolute atomic E-state index is 9.29. The Labute approximate surface area is 104 Å². The molecule has 1 rings (SSSR count). The summed E-state index contributed by atoms with van der Waals surface area (Å²) >= 11 is 0. The van der Waals surface area contributed by atoms with Gasteiger partial charge in [-0.2, -0.15) is 5.10 Å². The third kappa shape index (κ3) is 4.13. The predicted octanol–water partition coefficient (Wildman–Crippen LogP) is 1.53. The lowest BCUT2D eigenvalue weighted by Crippen LogP contribution is -2.23. The van der Waals surface area contributed by atoms with E-state index in [-0.39, 0.29) is 6.10 Å². The first-order valence-electron chi connectivity index (χ1n) is 6.29. The minimum atomic E-state index is -0.214. The summed E-state index contributed by atoms with van der Waals surface area (Å²) in [6.45, 7) is 9.92. The van der Waals surface area contributed by atoms with Crippen molar-refractivity contribution in [3.8, 4) is 0 Å². The first-order valence-corrected chi connectivity index (χ1v) is 6.29. The first-order chi connectivity index (χ1) is 7.91. The van der Waals surface area contributed by atoms with Gasteiger partial charge >= 0.3 is 0 Å². The number of hydrogen-bond donors (Lipinski definition) is 2. The summed E-state index contributed by atoms with van der Waals surface area (Å²) in [6.07, 6.45) is 0.631. The van der Waals surface area contributed by atoms with E-state index in [9.17, 15) is 5.11 Å². The summed E-state index contributed by atoms with van der Waals surface area (Å²) in [5, 5.41) is 17.1. The molecule has 17 heavy (non-hydrogen) atoms. The molecule has 0 aliphatic heterocycles. The third-order valence-electron chi connectivity index (χ3n) is 3.20. The number of aromatic nitrogens is 2. The highest BCUT2D eigenvalue weighted by molar-refractivity contribution is 5.23. The van der Waals surface area contributed by atoms with Gasteiger partial charge in [0, 0.05) is 24.8 Å². The normalized spacial score (nSPS) is 14.9. The standard InChI is InChI=1S/C13H25N3O/c1-9(6-10(2)17)7-14-8-13-11(3)15-16(5)12(13)4/h9-10,14,17H,6-8H2,1-5H3. The van der Waals surface area contributed by atoms with Crippen LogP contribution in [0.15, 0.2) is 0 Å². The molecule has 4 nitrogen and oxygen atoms in total. The molecule has 0 aromatic carbocycles. The van der Waals surface area contributed by atoms with Crippen LogP contribution in [0, 0.1) is 19.8 Å². The molecule has 0 aliphatic carbocycles. The topological polar surface area (TPSA) is 50.1 Å². The van der Waals surface area contributed by atoms with Gasteiger partial charge in [0.25, 0.3) is 0 Å². The number of aryl methyl sites for hydroxylation is 2. The van der Waals surface area contributed by atoms with Crippen LogP contribution in [0.2, 0.25) is 0 Å². The maximum atomic E-state index is 9.29. The number of nitrogens with one attached hydrogen (secondary N) is 1. The summed E-state index contributed by atoms with van der Waals surface area (Å²) in [7, 11) is 1.97.